The molecule has 0 aliphatic heterocycles. The van der Waals surface area contributed by atoms with Crippen LogP contribution >= 0.6 is 11.6 Å². The van der Waals surface area contributed by atoms with E-state index in [-0.39, 0.29) is 10.7 Å². The fraction of sp³-hybridized carbons (Fsp3) is 0.154. The van der Waals surface area contributed by atoms with Crippen molar-refractivity contribution in [3.8, 4) is 11.1 Å². The Morgan fingerprint density at radius 1 is 1.11 bits per heavy atom. The zero-order valence-corrected chi connectivity index (χ0v) is 10.7. The van der Waals surface area contributed by atoms with Gasteiger partial charge < -0.3 is 4.90 Å². The fourth-order valence-corrected chi connectivity index (χ4v) is 1.79. The molecule has 0 fully saturated rings. The molecule has 0 saturated carbocycles. The fourth-order valence-electron chi connectivity index (χ4n) is 1.59. The maximum Gasteiger partial charge on any atom is 0.132 e. The summed E-state index contributed by atoms with van der Waals surface area (Å²) >= 11 is 5.88. The topological polar surface area (TPSA) is 16.1 Å². The monoisotopic (exact) mass is 268 g/mol. The molecule has 2 rings (SSSR count). The molecule has 0 unspecified atom stereocenters. The first kappa shape index (κ1) is 12.8. The number of hydrogen-bond acceptors (Lipinski definition) is 2. The van der Waals surface area contributed by atoms with Crippen LogP contribution in [-0.4, -0.2) is 19.1 Å². The highest BCUT2D eigenvalue weighted by Gasteiger charge is 2.10. The van der Waals surface area contributed by atoms with Gasteiger partial charge in [-0.25, -0.2) is 13.8 Å². The van der Waals surface area contributed by atoms with E-state index in [9.17, 15) is 8.78 Å². The van der Waals surface area contributed by atoms with E-state index < -0.39 is 11.6 Å². The van der Waals surface area contributed by atoms with Crippen LogP contribution in [0.4, 0.5) is 14.6 Å². The van der Waals surface area contributed by atoms with E-state index in [2.05, 4.69) is 4.98 Å². The number of nitrogens with zero attached hydrogens (tertiary/aromatic N) is 2. The second kappa shape index (κ2) is 4.90. The summed E-state index contributed by atoms with van der Waals surface area (Å²) in [5, 5.41) is 0.236. The minimum Gasteiger partial charge on any atom is -0.363 e. The third-order valence-electron chi connectivity index (χ3n) is 2.48. The van der Waals surface area contributed by atoms with Gasteiger partial charge >= 0.3 is 0 Å². The van der Waals surface area contributed by atoms with Crippen LogP contribution in [0.2, 0.25) is 5.15 Å². The van der Waals surface area contributed by atoms with Crippen molar-refractivity contribution in [1.29, 1.82) is 0 Å². The van der Waals surface area contributed by atoms with Crippen molar-refractivity contribution >= 4 is 17.4 Å². The highest BCUT2D eigenvalue weighted by atomic mass is 35.5. The van der Waals surface area contributed by atoms with E-state index in [0.717, 1.165) is 18.2 Å². The molecule has 0 aliphatic carbocycles. The highest BCUT2D eigenvalue weighted by Crippen LogP contribution is 2.28. The predicted molar refractivity (Wildman–Crippen MR) is 68.9 cm³/mol. The second-order valence-electron chi connectivity index (χ2n) is 4.06. The lowest BCUT2D eigenvalue weighted by molar-refractivity contribution is 0.603. The Kier molecular flexibility index (Phi) is 3.48. The number of anilines is 1. The summed E-state index contributed by atoms with van der Waals surface area (Å²) in [7, 11) is 3.59. The number of benzene rings is 1. The smallest absolute Gasteiger partial charge is 0.132 e. The third kappa shape index (κ3) is 2.59. The molecule has 0 saturated heterocycles. The van der Waals surface area contributed by atoms with E-state index >= 15 is 0 Å². The average molecular weight is 269 g/mol. The van der Waals surface area contributed by atoms with Gasteiger partial charge in [-0.05, 0) is 35.9 Å². The minimum absolute atomic E-state index is 0.169. The van der Waals surface area contributed by atoms with Crippen LogP contribution in [0.3, 0.4) is 0 Å². The van der Waals surface area contributed by atoms with Crippen molar-refractivity contribution in [3.05, 3.63) is 47.1 Å². The first-order valence-corrected chi connectivity index (χ1v) is 5.65. The lowest BCUT2D eigenvalue weighted by Crippen LogP contribution is -2.10. The summed E-state index contributed by atoms with van der Waals surface area (Å²) in [6.07, 6.45) is 0. The molecule has 0 aliphatic rings. The Labute approximate surface area is 109 Å². The number of pyridine rings is 1. The molecule has 0 bridgehead atoms. The molecule has 1 heterocycles. The van der Waals surface area contributed by atoms with Gasteiger partial charge in [0.2, 0.25) is 0 Å². The van der Waals surface area contributed by atoms with Crippen molar-refractivity contribution in [1.82, 2.24) is 4.98 Å². The van der Waals surface area contributed by atoms with Crippen LogP contribution in [0.5, 0.6) is 0 Å². The lowest BCUT2D eigenvalue weighted by Gasteiger charge is -2.13. The Morgan fingerprint density at radius 3 is 2.50 bits per heavy atom. The van der Waals surface area contributed by atoms with Crippen LogP contribution in [0.15, 0.2) is 30.3 Å². The van der Waals surface area contributed by atoms with Crippen LogP contribution < -0.4 is 4.90 Å². The van der Waals surface area contributed by atoms with E-state index in [4.69, 9.17) is 11.6 Å². The summed E-state index contributed by atoms with van der Waals surface area (Å²) in [6.45, 7) is 0. The van der Waals surface area contributed by atoms with Gasteiger partial charge in [0.1, 0.15) is 22.6 Å². The molecule has 0 N–H and O–H groups in total. The highest BCUT2D eigenvalue weighted by molar-refractivity contribution is 6.29. The number of rotatable bonds is 2. The first-order chi connectivity index (χ1) is 8.47. The van der Waals surface area contributed by atoms with Gasteiger partial charge in [0.25, 0.3) is 0 Å². The van der Waals surface area contributed by atoms with Crippen molar-refractivity contribution < 1.29 is 8.78 Å². The molecule has 2 aromatic rings. The molecular weight excluding hydrogens is 258 g/mol. The van der Waals surface area contributed by atoms with Crippen LogP contribution in [0.25, 0.3) is 11.1 Å². The molecule has 18 heavy (non-hydrogen) atoms. The molecule has 1 aromatic carbocycles. The zero-order chi connectivity index (χ0) is 13.3. The van der Waals surface area contributed by atoms with Crippen molar-refractivity contribution in [3.63, 3.8) is 0 Å². The second-order valence-corrected chi connectivity index (χ2v) is 4.44. The summed E-state index contributed by atoms with van der Waals surface area (Å²) in [5.74, 6) is -0.407. The average Bonchev–Trinajstić information content (AvgIpc) is 2.31. The Morgan fingerprint density at radius 2 is 1.83 bits per heavy atom. The minimum atomic E-state index is -0.497. The van der Waals surface area contributed by atoms with Gasteiger partial charge in [-0.1, -0.05) is 11.6 Å². The maximum atomic E-state index is 13.7. The van der Waals surface area contributed by atoms with Gasteiger partial charge in [0.15, 0.2) is 0 Å². The molecule has 0 radical (unpaired) electrons. The molecule has 0 atom stereocenters. The standard InChI is InChI=1S/C13H11ClF2N2/c1-18(2)13-6-8(5-12(14)17-13)10-7-9(15)3-4-11(10)16/h3-7H,1-2H3. The number of aromatic nitrogens is 1. The molecular formula is C13H11ClF2N2. The van der Waals surface area contributed by atoms with Gasteiger partial charge in [0.05, 0.1) is 0 Å². The summed E-state index contributed by atoms with van der Waals surface area (Å²) in [5.41, 5.74) is 0.665. The van der Waals surface area contributed by atoms with E-state index in [1.54, 1.807) is 25.1 Å². The Balaban J connectivity index is 2.60. The molecule has 94 valence electrons. The van der Waals surface area contributed by atoms with Crippen LogP contribution in [0, 0.1) is 11.6 Å². The lowest BCUT2D eigenvalue weighted by atomic mass is 10.1. The SMILES string of the molecule is CN(C)c1cc(-c2cc(F)ccc2F)cc(Cl)n1. The van der Waals surface area contributed by atoms with E-state index in [1.807, 2.05) is 0 Å². The predicted octanol–water partition coefficient (Wildman–Crippen LogP) is 3.75. The first-order valence-electron chi connectivity index (χ1n) is 5.27. The normalized spacial score (nSPS) is 10.5. The van der Waals surface area contributed by atoms with Crippen LogP contribution in [0.1, 0.15) is 0 Å². The van der Waals surface area contributed by atoms with Crippen molar-refractivity contribution in [2.24, 2.45) is 0 Å². The zero-order valence-electron chi connectivity index (χ0n) is 9.92. The van der Waals surface area contributed by atoms with Gasteiger partial charge in [0, 0.05) is 19.7 Å². The summed E-state index contributed by atoms with van der Waals surface area (Å²) in [4.78, 5) is 5.83. The Bertz CT molecular complexity index is 585. The maximum absolute atomic E-state index is 13.7. The van der Waals surface area contributed by atoms with Crippen molar-refractivity contribution in [2.75, 3.05) is 19.0 Å². The molecule has 0 amide bonds. The summed E-state index contributed by atoms with van der Waals surface area (Å²) in [6, 6.07) is 6.47. The number of halogens is 3. The van der Waals surface area contributed by atoms with Gasteiger partial charge in [-0.2, -0.15) is 0 Å². The van der Waals surface area contributed by atoms with E-state index in [1.165, 1.54) is 6.07 Å². The molecule has 2 nitrogen and oxygen atoms in total. The quantitative estimate of drug-likeness (QED) is 0.771. The largest absolute Gasteiger partial charge is 0.363 e. The molecule has 0 spiro atoms. The molecule has 5 heteroatoms. The van der Waals surface area contributed by atoms with Gasteiger partial charge in [-0.15, -0.1) is 0 Å². The Hall–Kier alpha value is -1.68. The third-order valence-corrected chi connectivity index (χ3v) is 2.67. The van der Waals surface area contributed by atoms with Crippen molar-refractivity contribution in [2.45, 2.75) is 0 Å². The van der Waals surface area contributed by atoms with E-state index in [0.29, 0.717) is 11.4 Å². The molecule has 1 aromatic heterocycles. The van der Waals surface area contributed by atoms with Gasteiger partial charge in [-0.3, -0.25) is 0 Å². The summed E-state index contributed by atoms with van der Waals surface area (Å²) < 4.78 is 26.8. The number of hydrogen-bond donors (Lipinski definition) is 0. The van der Waals surface area contributed by atoms with Crippen LogP contribution in [-0.2, 0) is 0 Å².